The van der Waals surface area contributed by atoms with Gasteiger partial charge in [0.25, 0.3) is 0 Å². The molecule has 3 heteroatoms. The average molecular weight is 252 g/mol. The Hall–Kier alpha value is -1.02. The maximum Gasteiger partial charge on any atom is 0.152 e. The monoisotopic (exact) mass is 251 g/mol. The van der Waals surface area contributed by atoms with Crippen LogP contribution in [0.1, 0.15) is 42.5 Å². The van der Waals surface area contributed by atoms with E-state index in [2.05, 4.69) is 4.90 Å². The molecule has 0 radical (unpaired) electrons. The quantitative estimate of drug-likeness (QED) is 0.743. The molecule has 0 atom stereocenters. The summed E-state index contributed by atoms with van der Waals surface area (Å²) < 4.78 is 0. The van der Waals surface area contributed by atoms with Gasteiger partial charge in [0.2, 0.25) is 0 Å². The fourth-order valence-corrected chi connectivity index (χ4v) is 2.58. The summed E-state index contributed by atoms with van der Waals surface area (Å²) in [5.41, 5.74) is 1.74. The van der Waals surface area contributed by atoms with Crippen molar-refractivity contribution in [1.82, 2.24) is 0 Å². The van der Waals surface area contributed by atoms with Crippen LogP contribution in [-0.2, 0) is 0 Å². The minimum absolute atomic E-state index is 0.628. The molecule has 0 spiro atoms. The predicted octanol–water partition coefficient (Wildman–Crippen LogP) is 3.92. The van der Waals surface area contributed by atoms with Gasteiger partial charge >= 0.3 is 0 Å². The lowest BCUT2D eigenvalue weighted by Crippen LogP contribution is -2.27. The van der Waals surface area contributed by atoms with Gasteiger partial charge in [0, 0.05) is 29.4 Å². The van der Waals surface area contributed by atoms with Crippen LogP contribution >= 0.6 is 11.6 Å². The molecule has 17 heavy (non-hydrogen) atoms. The maximum absolute atomic E-state index is 11.1. The Kier molecular flexibility index (Phi) is 4.43. The fourth-order valence-electron chi connectivity index (χ4n) is 2.40. The van der Waals surface area contributed by atoms with E-state index >= 15 is 0 Å². The summed E-state index contributed by atoms with van der Waals surface area (Å²) in [6.45, 7) is 2.09. The summed E-state index contributed by atoms with van der Waals surface area (Å²) >= 11 is 5.92. The molecule has 1 aromatic rings. The fraction of sp³-hybridized carbons (Fsp3) is 0.500. The van der Waals surface area contributed by atoms with Crippen molar-refractivity contribution in [2.75, 3.05) is 18.0 Å². The smallest absolute Gasteiger partial charge is 0.152 e. The van der Waals surface area contributed by atoms with Crippen LogP contribution in [0, 0.1) is 0 Å². The first kappa shape index (κ1) is 12.4. The first-order valence-electron chi connectivity index (χ1n) is 6.31. The van der Waals surface area contributed by atoms with E-state index in [9.17, 15) is 4.79 Å². The van der Waals surface area contributed by atoms with Crippen LogP contribution in [0.5, 0.6) is 0 Å². The summed E-state index contributed by atoms with van der Waals surface area (Å²) in [6, 6.07) is 5.58. The van der Waals surface area contributed by atoms with Crippen LogP contribution in [-0.4, -0.2) is 19.4 Å². The van der Waals surface area contributed by atoms with Crippen LogP contribution < -0.4 is 4.90 Å². The third-order valence-corrected chi connectivity index (χ3v) is 3.55. The van der Waals surface area contributed by atoms with E-state index < -0.39 is 0 Å². The average Bonchev–Trinajstić information content (AvgIpc) is 2.29. The second kappa shape index (κ2) is 6.06. The Labute approximate surface area is 108 Å². The van der Waals surface area contributed by atoms with Crippen molar-refractivity contribution in [2.45, 2.75) is 32.1 Å². The van der Waals surface area contributed by atoms with Crippen LogP contribution in [0.25, 0.3) is 0 Å². The largest absolute Gasteiger partial charge is 0.371 e. The molecule has 0 N–H and O–H groups in total. The molecule has 2 nitrogen and oxygen atoms in total. The Morgan fingerprint density at radius 3 is 2.35 bits per heavy atom. The number of carbonyl (C=O) groups is 1. The van der Waals surface area contributed by atoms with Crippen molar-refractivity contribution >= 4 is 23.6 Å². The van der Waals surface area contributed by atoms with Crippen LogP contribution in [0.15, 0.2) is 18.2 Å². The number of hydrogen-bond donors (Lipinski definition) is 0. The minimum atomic E-state index is 0.628. The summed E-state index contributed by atoms with van der Waals surface area (Å²) in [6.07, 6.45) is 7.25. The SMILES string of the molecule is O=Cc1cc(Cl)ccc1N1CCCCCCC1. The normalized spacial score (nSPS) is 17.4. The van der Waals surface area contributed by atoms with E-state index in [1.807, 2.05) is 12.1 Å². The van der Waals surface area contributed by atoms with Crippen LogP contribution in [0.4, 0.5) is 5.69 Å². The highest BCUT2D eigenvalue weighted by atomic mass is 35.5. The molecule has 1 aliphatic rings. The molecule has 0 amide bonds. The Morgan fingerprint density at radius 2 is 1.71 bits per heavy atom. The lowest BCUT2D eigenvalue weighted by atomic mass is 10.1. The van der Waals surface area contributed by atoms with E-state index in [-0.39, 0.29) is 0 Å². The van der Waals surface area contributed by atoms with Crippen molar-refractivity contribution in [3.8, 4) is 0 Å². The van der Waals surface area contributed by atoms with Gasteiger partial charge in [0.1, 0.15) is 0 Å². The number of halogens is 1. The van der Waals surface area contributed by atoms with Crippen molar-refractivity contribution in [1.29, 1.82) is 0 Å². The van der Waals surface area contributed by atoms with Crippen LogP contribution in [0.3, 0.4) is 0 Å². The van der Waals surface area contributed by atoms with Gasteiger partial charge in [-0.15, -0.1) is 0 Å². The van der Waals surface area contributed by atoms with E-state index in [4.69, 9.17) is 11.6 Å². The molecule has 1 aliphatic heterocycles. The molecule has 1 fully saturated rings. The number of carbonyl (C=O) groups excluding carboxylic acids is 1. The molecule has 1 heterocycles. The first-order valence-corrected chi connectivity index (χ1v) is 6.69. The lowest BCUT2D eigenvalue weighted by Gasteiger charge is -2.28. The molecule has 0 aromatic heterocycles. The van der Waals surface area contributed by atoms with Crippen molar-refractivity contribution in [2.24, 2.45) is 0 Å². The molecular weight excluding hydrogens is 234 g/mol. The summed E-state index contributed by atoms with van der Waals surface area (Å²) in [5.74, 6) is 0. The zero-order valence-electron chi connectivity index (χ0n) is 9.99. The van der Waals surface area contributed by atoms with Gasteiger partial charge in [-0.3, -0.25) is 4.79 Å². The van der Waals surface area contributed by atoms with E-state index in [1.54, 1.807) is 6.07 Å². The molecule has 0 aliphatic carbocycles. The number of nitrogens with zero attached hydrogens (tertiary/aromatic N) is 1. The predicted molar refractivity (Wildman–Crippen MR) is 72.1 cm³/mol. The summed E-state index contributed by atoms with van der Waals surface area (Å²) in [5, 5.41) is 0.628. The van der Waals surface area contributed by atoms with Gasteiger partial charge < -0.3 is 4.90 Å². The number of rotatable bonds is 2. The Morgan fingerprint density at radius 1 is 1.06 bits per heavy atom. The van der Waals surface area contributed by atoms with Gasteiger partial charge in [-0.05, 0) is 31.0 Å². The van der Waals surface area contributed by atoms with Gasteiger partial charge in [-0.1, -0.05) is 30.9 Å². The standard InChI is InChI=1S/C14H18ClNO/c15-13-6-7-14(12(10-13)11-17)16-8-4-2-1-3-5-9-16/h6-7,10-11H,1-5,8-9H2. The van der Waals surface area contributed by atoms with Crippen molar-refractivity contribution < 1.29 is 4.79 Å². The molecule has 1 aromatic carbocycles. The van der Waals surface area contributed by atoms with E-state index in [0.717, 1.165) is 25.1 Å². The molecular formula is C14H18ClNO. The van der Waals surface area contributed by atoms with Crippen LogP contribution in [0.2, 0.25) is 5.02 Å². The van der Waals surface area contributed by atoms with E-state index in [1.165, 1.54) is 32.1 Å². The van der Waals surface area contributed by atoms with E-state index in [0.29, 0.717) is 10.6 Å². The third kappa shape index (κ3) is 3.22. The molecule has 2 rings (SSSR count). The number of aldehydes is 1. The second-order valence-electron chi connectivity index (χ2n) is 4.58. The zero-order valence-corrected chi connectivity index (χ0v) is 10.7. The van der Waals surface area contributed by atoms with Gasteiger partial charge in [-0.25, -0.2) is 0 Å². The summed E-state index contributed by atoms with van der Waals surface area (Å²) in [7, 11) is 0. The highest BCUT2D eigenvalue weighted by Crippen LogP contribution is 2.25. The molecule has 0 unspecified atom stereocenters. The van der Waals surface area contributed by atoms with Crippen molar-refractivity contribution in [3.05, 3.63) is 28.8 Å². The highest BCUT2D eigenvalue weighted by molar-refractivity contribution is 6.31. The minimum Gasteiger partial charge on any atom is -0.371 e. The summed E-state index contributed by atoms with van der Waals surface area (Å²) in [4.78, 5) is 13.4. The topological polar surface area (TPSA) is 20.3 Å². The second-order valence-corrected chi connectivity index (χ2v) is 5.01. The third-order valence-electron chi connectivity index (χ3n) is 3.31. The first-order chi connectivity index (χ1) is 8.31. The lowest BCUT2D eigenvalue weighted by molar-refractivity contribution is 0.112. The van der Waals surface area contributed by atoms with Crippen molar-refractivity contribution in [3.63, 3.8) is 0 Å². The molecule has 92 valence electrons. The molecule has 1 saturated heterocycles. The molecule has 0 saturated carbocycles. The molecule has 0 bridgehead atoms. The number of hydrogen-bond acceptors (Lipinski definition) is 2. The van der Waals surface area contributed by atoms with Gasteiger partial charge in [-0.2, -0.15) is 0 Å². The van der Waals surface area contributed by atoms with Gasteiger partial charge in [0.15, 0.2) is 6.29 Å². The highest BCUT2D eigenvalue weighted by Gasteiger charge is 2.12. The Balaban J connectivity index is 2.21. The zero-order chi connectivity index (χ0) is 12.1. The number of benzene rings is 1. The maximum atomic E-state index is 11.1. The number of anilines is 1. The Bertz CT molecular complexity index is 384. The van der Waals surface area contributed by atoms with Gasteiger partial charge in [0.05, 0.1) is 0 Å².